The average molecular weight is 252 g/mol. The van der Waals surface area contributed by atoms with Crippen LogP contribution in [0.15, 0.2) is 12.4 Å². The number of hydrogen-bond acceptors (Lipinski definition) is 4. The first-order valence-electron chi connectivity index (χ1n) is 6.80. The summed E-state index contributed by atoms with van der Waals surface area (Å²) in [5.74, 6) is 0. The quantitative estimate of drug-likeness (QED) is 0.810. The summed E-state index contributed by atoms with van der Waals surface area (Å²) in [7, 11) is 2.13. The van der Waals surface area contributed by atoms with Crippen molar-refractivity contribution in [2.45, 2.75) is 32.5 Å². The van der Waals surface area contributed by atoms with Gasteiger partial charge in [-0.2, -0.15) is 5.10 Å². The highest BCUT2D eigenvalue weighted by atomic mass is 16.5. The first kappa shape index (κ1) is 13.5. The van der Waals surface area contributed by atoms with E-state index >= 15 is 0 Å². The van der Waals surface area contributed by atoms with E-state index in [2.05, 4.69) is 35.5 Å². The molecule has 1 aromatic heterocycles. The lowest BCUT2D eigenvalue weighted by Crippen LogP contribution is -2.44. The van der Waals surface area contributed by atoms with Crippen LogP contribution in [-0.2, 0) is 17.8 Å². The number of morpholine rings is 1. The second-order valence-corrected chi connectivity index (χ2v) is 5.01. The maximum atomic E-state index is 5.71. The smallest absolute Gasteiger partial charge is 0.0826 e. The van der Waals surface area contributed by atoms with E-state index in [1.54, 1.807) is 0 Å². The van der Waals surface area contributed by atoms with Gasteiger partial charge < -0.3 is 10.1 Å². The van der Waals surface area contributed by atoms with E-state index in [9.17, 15) is 0 Å². The summed E-state index contributed by atoms with van der Waals surface area (Å²) in [6, 6.07) is 0. The second kappa shape index (κ2) is 6.87. The molecule has 1 atom stereocenters. The maximum Gasteiger partial charge on any atom is 0.0826 e. The monoisotopic (exact) mass is 252 g/mol. The first-order chi connectivity index (χ1) is 8.78. The van der Waals surface area contributed by atoms with Gasteiger partial charge in [-0.3, -0.25) is 9.58 Å². The molecule has 0 bridgehead atoms. The Hall–Kier alpha value is -0.910. The Bertz CT molecular complexity index is 347. The molecule has 1 fully saturated rings. The van der Waals surface area contributed by atoms with E-state index in [1.165, 1.54) is 5.56 Å². The van der Waals surface area contributed by atoms with E-state index in [0.717, 1.165) is 45.8 Å². The van der Waals surface area contributed by atoms with Gasteiger partial charge in [-0.15, -0.1) is 0 Å². The topological polar surface area (TPSA) is 42.3 Å². The fraction of sp³-hybridized carbons (Fsp3) is 0.769. The highest BCUT2D eigenvalue weighted by Crippen LogP contribution is 2.05. The second-order valence-electron chi connectivity index (χ2n) is 5.01. The van der Waals surface area contributed by atoms with Crippen molar-refractivity contribution in [3.8, 4) is 0 Å². The lowest BCUT2D eigenvalue weighted by atomic mass is 10.2. The molecule has 1 N–H and O–H groups in total. The van der Waals surface area contributed by atoms with Crippen LogP contribution in [-0.4, -0.2) is 54.1 Å². The Morgan fingerprint density at radius 1 is 1.61 bits per heavy atom. The number of hydrogen-bond donors (Lipinski definition) is 1. The fourth-order valence-electron chi connectivity index (χ4n) is 2.30. The van der Waals surface area contributed by atoms with Crippen LogP contribution >= 0.6 is 0 Å². The van der Waals surface area contributed by atoms with Crippen molar-refractivity contribution in [2.24, 2.45) is 0 Å². The van der Waals surface area contributed by atoms with Crippen molar-refractivity contribution < 1.29 is 4.74 Å². The van der Waals surface area contributed by atoms with Crippen LogP contribution in [0.25, 0.3) is 0 Å². The van der Waals surface area contributed by atoms with Gasteiger partial charge in [0.15, 0.2) is 0 Å². The molecule has 1 unspecified atom stereocenters. The Kier molecular flexibility index (Phi) is 5.16. The Morgan fingerprint density at radius 2 is 2.50 bits per heavy atom. The Labute approximate surface area is 109 Å². The summed E-state index contributed by atoms with van der Waals surface area (Å²) in [5, 5.41) is 7.71. The van der Waals surface area contributed by atoms with Gasteiger partial charge in [0.05, 0.1) is 18.9 Å². The number of nitrogens with zero attached hydrogens (tertiary/aromatic N) is 3. The third kappa shape index (κ3) is 4.08. The zero-order chi connectivity index (χ0) is 12.8. The SMILES string of the molecule is CCCn1cc(CN(C)CC2CNCCO2)cn1. The van der Waals surface area contributed by atoms with Crippen LogP contribution in [0.4, 0.5) is 0 Å². The Morgan fingerprint density at radius 3 is 3.22 bits per heavy atom. The van der Waals surface area contributed by atoms with Crippen LogP contribution in [0.2, 0.25) is 0 Å². The van der Waals surface area contributed by atoms with Crippen molar-refractivity contribution >= 4 is 0 Å². The van der Waals surface area contributed by atoms with Gasteiger partial charge in [-0.25, -0.2) is 0 Å². The molecule has 5 heteroatoms. The summed E-state index contributed by atoms with van der Waals surface area (Å²) in [5.41, 5.74) is 1.27. The fourth-order valence-corrected chi connectivity index (χ4v) is 2.30. The predicted octanol–water partition coefficient (Wildman–Crippen LogP) is 0.713. The van der Waals surface area contributed by atoms with E-state index in [-0.39, 0.29) is 0 Å². The summed E-state index contributed by atoms with van der Waals surface area (Å²) in [4.78, 5) is 2.30. The largest absolute Gasteiger partial charge is 0.374 e. The van der Waals surface area contributed by atoms with E-state index in [4.69, 9.17) is 4.74 Å². The molecule has 18 heavy (non-hydrogen) atoms. The number of ether oxygens (including phenoxy) is 1. The molecule has 0 aromatic carbocycles. The van der Waals surface area contributed by atoms with Gasteiger partial charge in [0.25, 0.3) is 0 Å². The molecule has 0 amide bonds. The third-order valence-electron chi connectivity index (χ3n) is 3.11. The van der Waals surface area contributed by atoms with Crippen LogP contribution in [0.3, 0.4) is 0 Å². The van der Waals surface area contributed by atoms with Crippen molar-refractivity contribution in [1.82, 2.24) is 20.0 Å². The normalized spacial score (nSPS) is 20.5. The minimum Gasteiger partial charge on any atom is -0.374 e. The molecule has 0 aliphatic carbocycles. The first-order valence-corrected chi connectivity index (χ1v) is 6.80. The molecule has 0 radical (unpaired) electrons. The molecule has 0 spiro atoms. The molecule has 2 heterocycles. The van der Waals surface area contributed by atoms with E-state index in [1.807, 2.05) is 10.9 Å². The lowest BCUT2D eigenvalue weighted by molar-refractivity contribution is 0.00884. The van der Waals surface area contributed by atoms with Crippen LogP contribution in [0, 0.1) is 0 Å². The van der Waals surface area contributed by atoms with Crippen molar-refractivity contribution in [3.05, 3.63) is 18.0 Å². The molecule has 1 aliphatic heterocycles. The van der Waals surface area contributed by atoms with Gasteiger partial charge in [-0.1, -0.05) is 6.92 Å². The average Bonchev–Trinajstić information content (AvgIpc) is 2.78. The van der Waals surface area contributed by atoms with Crippen molar-refractivity contribution in [2.75, 3.05) is 33.3 Å². The molecular formula is C13H24N4O. The molecule has 0 saturated carbocycles. The minimum atomic E-state index is 0.314. The molecule has 1 aliphatic rings. The van der Waals surface area contributed by atoms with Crippen LogP contribution in [0.1, 0.15) is 18.9 Å². The van der Waals surface area contributed by atoms with Gasteiger partial charge >= 0.3 is 0 Å². The minimum absolute atomic E-state index is 0.314. The van der Waals surface area contributed by atoms with Gasteiger partial charge in [0.1, 0.15) is 0 Å². The van der Waals surface area contributed by atoms with Crippen molar-refractivity contribution in [1.29, 1.82) is 0 Å². The van der Waals surface area contributed by atoms with E-state index < -0.39 is 0 Å². The molecule has 1 saturated heterocycles. The standard InChI is InChI=1S/C13H24N4O/c1-3-5-17-10-12(7-15-17)9-16(2)11-13-8-14-4-6-18-13/h7,10,13-14H,3-6,8-9,11H2,1-2H3. The number of rotatable bonds is 6. The number of aromatic nitrogens is 2. The summed E-state index contributed by atoms with van der Waals surface area (Å²) >= 11 is 0. The Balaban J connectivity index is 1.76. The zero-order valence-electron chi connectivity index (χ0n) is 11.4. The highest BCUT2D eigenvalue weighted by molar-refractivity contribution is 5.03. The molecule has 102 valence electrons. The van der Waals surface area contributed by atoms with Crippen molar-refractivity contribution in [3.63, 3.8) is 0 Å². The highest BCUT2D eigenvalue weighted by Gasteiger charge is 2.15. The molecule has 5 nitrogen and oxygen atoms in total. The van der Waals surface area contributed by atoms with Gasteiger partial charge in [-0.05, 0) is 13.5 Å². The maximum absolute atomic E-state index is 5.71. The summed E-state index contributed by atoms with van der Waals surface area (Å²) in [6.07, 6.45) is 5.54. The van der Waals surface area contributed by atoms with Crippen LogP contribution in [0.5, 0.6) is 0 Å². The summed E-state index contributed by atoms with van der Waals surface area (Å²) in [6.45, 7) is 7.83. The molecular weight excluding hydrogens is 228 g/mol. The number of likely N-dealkylation sites (N-methyl/N-ethyl adjacent to an activating group) is 1. The number of aryl methyl sites for hydroxylation is 1. The number of nitrogens with one attached hydrogen (secondary N) is 1. The predicted molar refractivity (Wildman–Crippen MR) is 71.5 cm³/mol. The third-order valence-corrected chi connectivity index (χ3v) is 3.11. The van der Waals surface area contributed by atoms with Gasteiger partial charge in [0.2, 0.25) is 0 Å². The van der Waals surface area contributed by atoms with Gasteiger partial charge in [0, 0.05) is 44.5 Å². The van der Waals surface area contributed by atoms with Crippen LogP contribution < -0.4 is 5.32 Å². The lowest BCUT2D eigenvalue weighted by Gasteiger charge is -2.27. The zero-order valence-corrected chi connectivity index (χ0v) is 11.4. The van der Waals surface area contributed by atoms with E-state index in [0.29, 0.717) is 6.10 Å². The molecule has 1 aromatic rings. The summed E-state index contributed by atoms with van der Waals surface area (Å²) < 4.78 is 7.72. The molecule has 2 rings (SSSR count).